The van der Waals surface area contributed by atoms with Gasteiger partial charge < -0.3 is 9.11 Å². The van der Waals surface area contributed by atoms with E-state index in [1.807, 2.05) is 0 Å². The summed E-state index contributed by atoms with van der Waals surface area (Å²) in [5.74, 6) is 0. The Morgan fingerprint density at radius 1 is 0.867 bits per heavy atom. The molecule has 0 rings (SSSR count). The smallest absolute Gasteiger partial charge is 0.726 e. The standard InChI is InChI=1S/2C2H6O4S.Ni/c2*1-2-6-7(3,4)5;/h2*2H2,1H3,(H,3,4,5);/q;;+2/p-2. The molecule has 0 spiro atoms. The van der Waals surface area contributed by atoms with Crippen molar-refractivity contribution in [2.75, 3.05) is 13.2 Å². The number of rotatable bonds is 4. The van der Waals surface area contributed by atoms with Gasteiger partial charge in [-0.1, -0.05) is 0 Å². The maximum absolute atomic E-state index is 9.45. The van der Waals surface area contributed by atoms with Gasteiger partial charge in [0.1, 0.15) is 0 Å². The molecule has 0 fully saturated rings. The minimum absolute atomic E-state index is 0. The summed E-state index contributed by atoms with van der Waals surface area (Å²) in [7, 11) is -8.85. The van der Waals surface area contributed by atoms with Crippen LogP contribution >= 0.6 is 0 Å². The molecular weight excluding hydrogens is 299 g/mol. The van der Waals surface area contributed by atoms with Gasteiger partial charge in [-0.2, -0.15) is 0 Å². The number of hydrogen-bond acceptors (Lipinski definition) is 8. The molecular formula is C4H10NiO8S2. The first-order chi connectivity index (χ1) is 6.12. The van der Waals surface area contributed by atoms with Gasteiger partial charge in [0.25, 0.3) is 0 Å². The van der Waals surface area contributed by atoms with Crippen molar-refractivity contribution in [1.29, 1.82) is 0 Å². The topological polar surface area (TPSA) is 133 Å². The molecule has 0 aliphatic heterocycles. The largest absolute Gasteiger partial charge is 2.00 e. The average Bonchev–Trinajstić information content (AvgIpc) is 1.81. The zero-order valence-electron chi connectivity index (χ0n) is 7.81. The molecule has 0 aliphatic rings. The van der Waals surface area contributed by atoms with E-state index in [1.54, 1.807) is 0 Å². The molecule has 0 saturated carbocycles. The molecule has 0 amide bonds. The monoisotopic (exact) mass is 308 g/mol. The van der Waals surface area contributed by atoms with Crippen molar-refractivity contribution in [1.82, 2.24) is 0 Å². The fourth-order valence-electron chi connectivity index (χ4n) is 0.289. The molecule has 0 N–H and O–H groups in total. The predicted octanol–water partition coefficient (Wildman–Crippen LogP) is -1.04. The normalized spacial score (nSPS) is 10.9. The second-order valence-electron chi connectivity index (χ2n) is 1.63. The molecule has 0 heterocycles. The average molecular weight is 309 g/mol. The Kier molecular flexibility index (Phi) is 13.0. The van der Waals surface area contributed by atoms with Crippen molar-refractivity contribution in [3.05, 3.63) is 0 Å². The van der Waals surface area contributed by atoms with Gasteiger partial charge in [-0.3, -0.25) is 8.37 Å². The van der Waals surface area contributed by atoms with Crippen LogP contribution in [0.25, 0.3) is 0 Å². The first-order valence-electron chi connectivity index (χ1n) is 3.32. The molecule has 0 bridgehead atoms. The Labute approximate surface area is 98.8 Å². The zero-order chi connectivity index (χ0) is 11.8. The Balaban J connectivity index is -0.000000180. The summed E-state index contributed by atoms with van der Waals surface area (Å²) in [5.41, 5.74) is 0. The summed E-state index contributed by atoms with van der Waals surface area (Å²) in [6.07, 6.45) is 0. The molecule has 0 unspecified atom stereocenters. The van der Waals surface area contributed by atoms with Crippen LogP contribution in [0.2, 0.25) is 0 Å². The summed E-state index contributed by atoms with van der Waals surface area (Å²) in [4.78, 5) is 0. The fraction of sp³-hybridized carbons (Fsp3) is 1.00. The molecule has 0 aromatic heterocycles. The SMILES string of the molecule is CCOS(=O)(=O)[O-].CCOS(=O)(=O)[O-].[Ni+2]. The third-order valence-corrected chi connectivity index (χ3v) is 1.57. The molecule has 0 radical (unpaired) electrons. The summed E-state index contributed by atoms with van der Waals surface area (Å²) in [5, 5.41) is 0. The Bertz CT molecular complexity index is 285. The van der Waals surface area contributed by atoms with Crippen molar-refractivity contribution < 1.29 is 50.8 Å². The number of hydrogen-bond donors (Lipinski definition) is 0. The molecule has 96 valence electrons. The summed E-state index contributed by atoms with van der Waals surface area (Å²) in [6, 6.07) is 0. The van der Waals surface area contributed by atoms with Gasteiger partial charge in [0.15, 0.2) is 0 Å². The van der Waals surface area contributed by atoms with E-state index in [2.05, 4.69) is 8.37 Å². The van der Waals surface area contributed by atoms with Crippen molar-refractivity contribution >= 4 is 20.8 Å². The van der Waals surface area contributed by atoms with Crippen LogP contribution in [0.5, 0.6) is 0 Å². The Hall–Kier alpha value is 0.234. The second-order valence-corrected chi connectivity index (χ2v) is 3.73. The van der Waals surface area contributed by atoms with E-state index < -0.39 is 20.8 Å². The Morgan fingerprint density at radius 2 is 1.07 bits per heavy atom. The van der Waals surface area contributed by atoms with E-state index in [4.69, 9.17) is 0 Å². The van der Waals surface area contributed by atoms with E-state index in [9.17, 15) is 25.9 Å². The molecule has 0 atom stereocenters. The molecule has 0 saturated heterocycles. The maximum atomic E-state index is 9.45. The fourth-order valence-corrected chi connectivity index (χ4v) is 0.866. The summed E-state index contributed by atoms with van der Waals surface area (Å²) in [6.45, 7) is 2.67. The quantitative estimate of drug-likeness (QED) is 0.365. The first kappa shape index (κ1) is 20.6. The van der Waals surface area contributed by atoms with Gasteiger partial charge in [-0.15, -0.1) is 0 Å². The van der Waals surface area contributed by atoms with E-state index in [1.165, 1.54) is 13.8 Å². The van der Waals surface area contributed by atoms with Crippen LogP contribution in [0.1, 0.15) is 13.8 Å². The second kappa shape index (κ2) is 9.46. The molecule has 15 heavy (non-hydrogen) atoms. The molecule has 0 aromatic carbocycles. The van der Waals surface area contributed by atoms with E-state index in [0.29, 0.717) is 0 Å². The van der Waals surface area contributed by atoms with Crippen LogP contribution < -0.4 is 0 Å². The van der Waals surface area contributed by atoms with Crippen LogP contribution in [0.15, 0.2) is 0 Å². The van der Waals surface area contributed by atoms with Gasteiger partial charge >= 0.3 is 16.5 Å². The molecule has 11 heteroatoms. The van der Waals surface area contributed by atoms with Crippen molar-refractivity contribution in [3.8, 4) is 0 Å². The third-order valence-electron chi connectivity index (χ3n) is 0.524. The van der Waals surface area contributed by atoms with Crippen LogP contribution in [-0.4, -0.2) is 39.2 Å². The predicted molar refractivity (Wildman–Crippen MR) is 42.6 cm³/mol. The minimum Gasteiger partial charge on any atom is -0.726 e. The van der Waals surface area contributed by atoms with Crippen molar-refractivity contribution in [3.63, 3.8) is 0 Å². The summed E-state index contributed by atoms with van der Waals surface area (Å²) >= 11 is 0. The first-order valence-corrected chi connectivity index (χ1v) is 5.99. The van der Waals surface area contributed by atoms with Crippen molar-refractivity contribution in [2.24, 2.45) is 0 Å². The van der Waals surface area contributed by atoms with Crippen molar-refractivity contribution in [2.45, 2.75) is 13.8 Å². The van der Waals surface area contributed by atoms with E-state index in [0.717, 1.165) is 0 Å². The third kappa shape index (κ3) is 31.4. The van der Waals surface area contributed by atoms with E-state index in [-0.39, 0.29) is 29.7 Å². The molecule has 0 aliphatic carbocycles. The zero-order valence-corrected chi connectivity index (χ0v) is 10.4. The van der Waals surface area contributed by atoms with Crippen LogP contribution in [-0.2, 0) is 45.7 Å². The van der Waals surface area contributed by atoms with Gasteiger partial charge in [0.2, 0.25) is 20.8 Å². The van der Waals surface area contributed by atoms with E-state index >= 15 is 0 Å². The van der Waals surface area contributed by atoms with Gasteiger partial charge in [-0.25, -0.2) is 16.8 Å². The minimum atomic E-state index is -4.42. The van der Waals surface area contributed by atoms with Gasteiger partial charge in [0, 0.05) is 0 Å². The Morgan fingerprint density at radius 3 is 1.07 bits per heavy atom. The van der Waals surface area contributed by atoms with Gasteiger partial charge in [-0.05, 0) is 13.8 Å². The van der Waals surface area contributed by atoms with Crippen LogP contribution in [0, 0.1) is 0 Å². The van der Waals surface area contributed by atoms with Crippen LogP contribution in [0.4, 0.5) is 0 Å². The van der Waals surface area contributed by atoms with Crippen LogP contribution in [0.3, 0.4) is 0 Å². The molecule has 0 aromatic rings. The summed E-state index contributed by atoms with van der Waals surface area (Å²) < 4.78 is 64.0. The maximum Gasteiger partial charge on any atom is 2.00 e. The van der Waals surface area contributed by atoms with Gasteiger partial charge in [0.05, 0.1) is 13.2 Å². The molecule has 8 nitrogen and oxygen atoms in total.